The van der Waals surface area contributed by atoms with E-state index in [1.165, 1.54) is 0 Å². The highest BCUT2D eigenvalue weighted by Crippen LogP contribution is 2.17. The molecule has 0 N–H and O–H groups in total. The zero-order chi connectivity index (χ0) is 12.7. The summed E-state index contributed by atoms with van der Waals surface area (Å²) in [6, 6.07) is 2.00. The van der Waals surface area contributed by atoms with E-state index in [-0.39, 0.29) is 0 Å². The zero-order valence-corrected chi connectivity index (χ0v) is 10.9. The van der Waals surface area contributed by atoms with E-state index in [1.54, 1.807) is 10.9 Å². The van der Waals surface area contributed by atoms with E-state index in [4.69, 9.17) is 0 Å². The highest BCUT2D eigenvalue weighted by molar-refractivity contribution is 5.35. The van der Waals surface area contributed by atoms with Gasteiger partial charge in [-0.25, -0.2) is 4.73 Å². The molecular formula is C13H17N3O. The summed E-state index contributed by atoms with van der Waals surface area (Å²) in [5.41, 5.74) is 5.00. The van der Waals surface area contributed by atoms with Crippen LogP contribution in [0.5, 0.6) is 0 Å². The van der Waals surface area contributed by atoms with Crippen molar-refractivity contribution < 1.29 is 4.73 Å². The summed E-state index contributed by atoms with van der Waals surface area (Å²) < 4.78 is 2.62. The van der Waals surface area contributed by atoms with Crippen molar-refractivity contribution in [2.75, 3.05) is 0 Å². The topological polar surface area (TPSA) is 44.8 Å². The predicted molar refractivity (Wildman–Crippen MR) is 66.2 cm³/mol. The summed E-state index contributed by atoms with van der Waals surface area (Å²) >= 11 is 0. The van der Waals surface area contributed by atoms with E-state index in [0.717, 1.165) is 32.8 Å². The Morgan fingerprint density at radius 2 is 1.82 bits per heavy atom. The number of hydrogen-bond donors (Lipinski definition) is 0. The van der Waals surface area contributed by atoms with Crippen LogP contribution in [0.1, 0.15) is 28.1 Å². The zero-order valence-electron chi connectivity index (χ0n) is 10.9. The molecule has 4 heteroatoms. The summed E-state index contributed by atoms with van der Waals surface area (Å²) in [5, 5.41) is 16.4. The summed E-state index contributed by atoms with van der Waals surface area (Å²) in [6.07, 6.45) is 1.58. The van der Waals surface area contributed by atoms with Gasteiger partial charge in [0.2, 0.25) is 0 Å². The van der Waals surface area contributed by atoms with E-state index in [1.807, 2.05) is 40.7 Å². The third kappa shape index (κ3) is 1.79. The average Bonchev–Trinajstić information content (AvgIpc) is 2.45. The van der Waals surface area contributed by atoms with Crippen molar-refractivity contribution in [1.29, 1.82) is 0 Å². The maximum Gasteiger partial charge on any atom is 0.313 e. The molecule has 0 aromatic carbocycles. The third-order valence-corrected chi connectivity index (χ3v) is 3.18. The van der Waals surface area contributed by atoms with Gasteiger partial charge in [-0.15, -0.1) is 4.68 Å². The molecule has 2 aromatic rings. The normalized spacial score (nSPS) is 10.9. The van der Waals surface area contributed by atoms with Gasteiger partial charge in [0.1, 0.15) is 5.69 Å². The smallest absolute Gasteiger partial charge is 0.313 e. The summed E-state index contributed by atoms with van der Waals surface area (Å²) in [6.45, 7) is 9.80. The van der Waals surface area contributed by atoms with Gasteiger partial charge in [0.15, 0.2) is 0 Å². The Kier molecular flexibility index (Phi) is 2.65. The van der Waals surface area contributed by atoms with E-state index in [0.29, 0.717) is 5.82 Å². The lowest BCUT2D eigenvalue weighted by Crippen LogP contribution is -2.34. The minimum atomic E-state index is 0.587. The second kappa shape index (κ2) is 3.87. The molecule has 2 rings (SSSR count). The minimum Gasteiger partial charge on any atom is -0.711 e. The fourth-order valence-corrected chi connectivity index (χ4v) is 2.05. The maximum absolute atomic E-state index is 12.0. The molecule has 2 aromatic heterocycles. The molecule has 0 aliphatic carbocycles. The Morgan fingerprint density at radius 1 is 1.18 bits per heavy atom. The highest BCUT2D eigenvalue weighted by atomic mass is 16.5. The van der Waals surface area contributed by atoms with Crippen LogP contribution in [0.3, 0.4) is 0 Å². The molecule has 0 aliphatic heterocycles. The monoisotopic (exact) mass is 231 g/mol. The lowest BCUT2D eigenvalue weighted by atomic mass is 10.2. The van der Waals surface area contributed by atoms with Gasteiger partial charge in [-0.3, -0.25) is 0 Å². The number of hydrogen-bond acceptors (Lipinski definition) is 2. The number of aryl methyl sites for hydroxylation is 3. The van der Waals surface area contributed by atoms with Gasteiger partial charge in [-0.1, -0.05) is 5.10 Å². The first kappa shape index (κ1) is 11.6. The highest BCUT2D eigenvalue weighted by Gasteiger charge is 2.20. The first-order valence-corrected chi connectivity index (χ1v) is 5.65. The average molecular weight is 231 g/mol. The molecule has 0 radical (unpaired) electrons. The summed E-state index contributed by atoms with van der Waals surface area (Å²) in [4.78, 5) is 0. The van der Waals surface area contributed by atoms with Crippen molar-refractivity contribution in [3.8, 4) is 5.82 Å². The van der Waals surface area contributed by atoms with E-state index in [2.05, 4.69) is 5.10 Å². The lowest BCUT2D eigenvalue weighted by Gasteiger charge is -2.11. The second-order valence-electron chi connectivity index (χ2n) is 4.56. The molecule has 0 saturated heterocycles. The van der Waals surface area contributed by atoms with Gasteiger partial charge < -0.3 is 5.21 Å². The molecule has 0 atom stereocenters. The van der Waals surface area contributed by atoms with Gasteiger partial charge >= 0.3 is 5.82 Å². The van der Waals surface area contributed by atoms with Gasteiger partial charge in [0.05, 0.1) is 11.9 Å². The molecular weight excluding hydrogens is 214 g/mol. The van der Waals surface area contributed by atoms with Crippen molar-refractivity contribution in [2.45, 2.75) is 34.6 Å². The first-order valence-electron chi connectivity index (χ1n) is 5.65. The van der Waals surface area contributed by atoms with Gasteiger partial charge in [0.25, 0.3) is 0 Å². The molecule has 0 aliphatic rings. The largest absolute Gasteiger partial charge is 0.711 e. The molecule has 0 unspecified atom stereocenters. The second-order valence-corrected chi connectivity index (χ2v) is 4.56. The fourth-order valence-electron chi connectivity index (χ4n) is 2.05. The Hall–Kier alpha value is -1.84. The van der Waals surface area contributed by atoms with Gasteiger partial charge in [0, 0.05) is 18.1 Å². The SMILES string of the molecule is Cc1cc(C)c(-n2nc(C)c(C)c2C)[n+]([O-])c1. The quantitative estimate of drug-likeness (QED) is 0.557. The van der Waals surface area contributed by atoms with Gasteiger partial charge in [-0.2, -0.15) is 0 Å². The Balaban J connectivity index is 2.73. The van der Waals surface area contributed by atoms with Crippen LogP contribution >= 0.6 is 0 Å². The molecule has 0 bridgehead atoms. The van der Waals surface area contributed by atoms with Crippen LogP contribution in [-0.4, -0.2) is 9.78 Å². The molecule has 0 spiro atoms. The van der Waals surface area contributed by atoms with Crippen molar-refractivity contribution in [3.63, 3.8) is 0 Å². The van der Waals surface area contributed by atoms with Crippen molar-refractivity contribution >= 4 is 0 Å². The summed E-state index contributed by atoms with van der Waals surface area (Å²) in [5.74, 6) is 0.587. The van der Waals surface area contributed by atoms with E-state index in [9.17, 15) is 5.21 Å². The van der Waals surface area contributed by atoms with Crippen LogP contribution in [0.4, 0.5) is 0 Å². The minimum absolute atomic E-state index is 0.587. The Bertz CT molecular complexity index is 562. The molecule has 2 heterocycles. The van der Waals surface area contributed by atoms with Crippen LogP contribution in [0.2, 0.25) is 0 Å². The molecule has 0 amide bonds. The molecule has 0 fully saturated rings. The van der Waals surface area contributed by atoms with Crippen LogP contribution in [0.25, 0.3) is 5.82 Å². The van der Waals surface area contributed by atoms with Crippen molar-refractivity contribution in [1.82, 2.24) is 9.78 Å². The van der Waals surface area contributed by atoms with Crippen molar-refractivity contribution in [3.05, 3.63) is 45.5 Å². The van der Waals surface area contributed by atoms with Crippen LogP contribution in [-0.2, 0) is 0 Å². The molecule has 17 heavy (non-hydrogen) atoms. The number of rotatable bonds is 1. The number of pyridine rings is 1. The molecule has 90 valence electrons. The van der Waals surface area contributed by atoms with E-state index < -0.39 is 0 Å². The number of nitrogens with zero attached hydrogens (tertiary/aromatic N) is 3. The standard InChI is InChI=1S/C13H17N3O/c1-8-6-9(2)13(15(17)7-8)16-12(5)10(3)11(4)14-16/h6-7H,1-5H3. The van der Waals surface area contributed by atoms with Gasteiger partial charge in [-0.05, 0) is 39.3 Å². The lowest BCUT2D eigenvalue weighted by molar-refractivity contribution is -0.600. The third-order valence-electron chi connectivity index (χ3n) is 3.18. The van der Waals surface area contributed by atoms with Crippen molar-refractivity contribution in [2.24, 2.45) is 0 Å². The molecule has 0 saturated carbocycles. The first-order chi connectivity index (χ1) is 7.91. The number of aromatic nitrogens is 3. The fraction of sp³-hybridized carbons (Fsp3) is 0.385. The molecule has 4 nitrogen and oxygen atoms in total. The Labute approximate surface area is 101 Å². The Morgan fingerprint density at radius 3 is 2.29 bits per heavy atom. The maximum atomic E-state index is 12.0. The van der Waals surface area contributed by atoms with Crippen LogP contribution in [0, 0.1) is 39.8 Å². The predicted octanol–water partition coefficient (Wildman–Crippen LogP) is 2.05. The summed E-state index contributed by atoms with van der Waals surface area (Å²) in [7, 11) is 0. The van der Waals surface area contributed by atoms with Crippen LogP contribution < -0.4 is 4.73 Å². The van der Waals surface area contributed by atoms with E-state index >= 15 is 0 Å². The van der Waals surface area contributed by atoms with Crippen LogP contribution in [0.15, 0.2) is 12.3 Å².